The topological polar surface area (TPSA) is 367 Å². The van der Waals surface area contributed by atoms with Gasteiger partial charge in [0, 0.05) is 68.8 Å². The minimum Gasteiger partial charge on any atom is -0.404 e. The molecule has 107 heavy (non-hydrogen) atoms. The van der Waals surface area contributed by atoms with Crippen LogP contribution in [-0.4, -0.2) is 212 Å². The van der Waals surface area contributed by atoms with Gasteiger partial charge >= 0.3 is 14.9 Å². The molecule has 0 saturated carbocycles. The highest BCUT2D eigenvalue weighted by atomic mass is 32.2. The van der Waals surface area contributed by atoms with Gasteiger partial charge in [0.25, 0.3) is 42.2 Å². The van der Waals surface area contributed by atoms with Crippen LogP contribution in [0.5, 0.6) is 0 Å². The number of aliphatic imine (C=N–C) groups is 4. The number of quaternary nitrogens is 2. The van der Waals surface area contributed by atoms with E-state index in [4.69, 9.17) is 43.0 Å². The van der Waals surface area contributed by atoms with E-state index in [2.05, 4.69) is 41.6 Å². The van der Waals surface area contributed by atoms with E-state index >= 15 is 0 Å². The molecule has 11 rings (SSSR count). The first-order valence-corrected chi connectivity index (χ1v) is 51.2. The van der Waals surface area contributed by atoms with Crippen LogP contribution < -0.4 is 11.0 Å². The minimum absolute atomic E-state index is 0.0344. The van der Waals surface area contributed by atoms with Crippen LogP contribution in [0.15, 0.2) is 127 Å². The number of hydrogen-bond donors (Lipinski definition) is 4. The van der Waals surface area contributed by atoms with Gasteiger partial charge in [-0.05, 0) is 128 Å². The Morgan fingerprint density at radius 1 is 0.477 bits per heavy atom. The van der Waals surface area contributed by atoms with E-state index in [0.29, 0.717) is 189 Å². The lowest BCUT2D eigenvalue weighted by molar-refractivity contribution is -0.928. The molecule has 3 unspecified atom stereocenters. The molecule has 35 heteroatoms. The molecule has 0 spiro atoms. The Morgan fingerprint density at radius 3 is 1.22 bits per heavy atom. The zero-order valence-corrected chi connectivity index (χ0v) is 67.8. The van der Waals surface area contributed by atoms with Crippen LogP contribution >= 0.6 is 0 Å². The Balaban J connectivity index is 1.07. The molecule has 2 aromatic heterocycles. The van der Waals surface area contributed by atoms with Gasteiger partial charge in [0.1, 0.15) is 22.6 Å². The number of amides is 2. The van der Waals surface area contributed by atoms with Crippen molar-refractivity contribution in [1.82, 2.24) is 13.5 Å². The minimum atomic E-state index is -4.86. The summed E-state index contributed by atoms with van der Waals surface area (Å²) in [6.07, 6.45) is 7.20. The Labute approximate surface area is 631 Å². The summed E-state index contributed by atoms with van der Waals surface area (Å²) in [5.41, 5.74) is 3.95. The number of nitrogens with zero attached hydrogens (tertiary/aromatic N) is 11. The third kappa shape index (κ3) is 20.2. The van der Waals surface area contributed by atoms with Gasteiger partial charge in [0.05, 0.1) is 69.6 Å². The second kappa shape index (κ2) is 34.2. The maximum atomic E-state index is 13.0. The average Bonchev–Trinajstić information content (AvgIpc) is 1.53. The summed E-state index contributed by atoms with van der Waals surface area (Å²) in [7, 11) is -24.4. The summed E-state index contributed by atoms with van der Waals surface area (Å²) < 4.78 is 147. The van der Waals surface area contributed by atoms with E-state index in [1.165, 1.54) is 0 Å². The average molecular weight is 1600 g/mol. The summed E-state index contributed by atoms with van der Waals surface area (Å²) in [5, 5.41) is 3.44. The zero-order chi connectivity index (χ0) is 76.6. The van der Waals surface area contributed by atoms with Crippen LogP contribution in [-0.2, 0) is 68.9 Å². The van der Waals surface area contributed by atoms with Crippen molar-refractivity contribution in [1.29, 1.82) is 0 Å². The molecular formula is C72H99N11O17S4Si3+2. The van der Waals surface area contributed by atoms with Gasteiger partial charge < -0.3 is 26.6 Å². The number of hydrogen-bond acceptors (Lipinski definition) is 19. The maximum Gasteiger partial charge on any atom is 0.582 e. The molecule has 0 aliphatic carbocycles. The highest BCUT2D eigenvalue weighted by molar-refractivity contribution is 7.86. The lowest BCUT2D eigenvalue weighted by atomic mass is 10.1. The zero-order valence-electron chi connectivity index (χ0n) is 61.5. The molecule has 28 nitrogen and oxygen atoms in total. The molecule has 578 valence electrons. The molecule has 5 aliphatic heterocycles. The summed E-state index contributed by atoms with van der Waals surface area (Å²) >= 11 is -2.05. The van der Waals surface area contributed by atoms with Crippen LogP contribution in [0.4, 0.5) is 11.6 Å². The summed E-state index contributed by atoms with van der Waals surface area (Å²) in [6.45, 7) is 15.4. The molecule has 0 radical (unpaired) electrons. The van der Waals surface area contributed by atoms with Crippen molar-refractivity contribution in [3.63, 3.8) is 0 Å². The second-order valence-corrected chi connectivity index (χ2v) is 47.4. The van der Waals surface area contributed by atoms with Gasteiger partial charge in [0.2, 0.25) is 0 Å². The first-order chi connectivity index (χ1) is 50.8. The molecule has 6 bridgehead atoms. The fourth-order valence-electron chi connectivity index (χ4n) is 15.5. The van der Waals surface area contributed by atoms with Crippen LogP contribution in [0.25, 0.3) is 21.5 Å². The normalized spacial score (nSPS) is 17.4. The predicted molar refractivity (Wildman–Crippen MR) is 419 cm³/mol. The molecule has 7 heterocycles. The van der Waals surface area contributed by atoms with E-state index in [0.717, 1.165) is 56.6 Å². The van der Waals surface area contributed by atoms with Crippen LogP contribution in [0.1, 0.15) is 145 Å². The number of benzene rings is 4. The largest absolute Gasteiger partial charge is 0.582 e. The van der Waals surface area contributed by atoms with Gasteiger partial charge in [-0.2, -0.15) is 25.3 Å². The number of rotatable bonds is 42. The maximum absolute atomic E-state index is 13.0. The quantitative estimate of drug-likeness (QED) is 0.00691. The van der Waals surface area contributed by atoms with E-state index in [-0.39, 0.29) is 44.3 Å². The Morgan fingerprint density at radius 2 is 0.832 bits per heavy atom. The van der Waals surface area contributed by atoms with Crippen molar-refractivity contribution >= 4 is 141 Å². The van der Waals surface area contributed by atoms with E-state index in [9.17, 15) is 62.1 Å². The van der Waals surface area contributed by atoms with Gasteiger partial charge in [0.15, 0.2) is 51.1 Å². The number of fused-ring (bicyclic) bond motifs is 14. The summed E-state index contributed by atoms with van der Waals surface area (Å²) in [6, 6.07) is 32.7. The fourth-order valence-corrected chi connectivity index (χ4v) is 30.2. The predicted octanol–water partition coefficient (Wildman–Crippen LogP) is 10.2. The summed E-state index contributed by atoms with van der Waals surface area (Å²) in [5.74, 6) is -0.477. The SMILES string of the molecule is CCCC[N+](CCCCS(=O)(=O)O)(CCCCS(=O)(=O)O)CCC[Si](C)(C)O[Si]1(O[Si](C)(C)CCC[N+](CCCCCC(=O)ON2C(=O)CCC2=O)(CCCCS(=O)O)CCCCS(=O)(=O)O)n2c3c4ccccc4c2N=C2N=C(N=c4c5ccccc5c(n41)=NC1=NC(=N3)c3ccccc31)c1ccccc12. The molecule has 1 saturated heterocycles. The van der Waals surface area contributed by atoms with Gasteiger partial charge in [-0.15, -0.1) is 5.06 Å². The number of amidine groups is 4. The van der Waals surface area contributed by atoms with E-state index in [1.807, 2.05) is 97.1 Å². The molecule has 6 aromatic rings. The van der Waals surface area contributed by atoms with Crippen molar-refractivity contribution in [3.05, 3.63) is 130 Å². The van der Waals surface area contributed by atoms with Crippen LogP contribution in [0, 0.1) is 0 Å². The van der Waals surface area contributed by atoms with E-state index < -0.39 is 102 Å². The number of carbonyl (C=O) groups is 3. The first kappa shape index (κ1) is 81.2. The van der Waals surface area contributed by atoms with Crippen molar-refractivity contribution < 1.29 is 84.1 Å². The van der Waals surface area contributed by atoms with Crippen molar-refractivity contribution in [2.45, 2.75) is 161 Å². The number of unbranched alkanes of at least 4 members (excludes halogenated alkanes) is 7. The monoisotopic (exact) mass is 1600 g/mol. The molecule has 4 aromatic carbocycles. The molecule has 2 amide bonds. The van der Waals surface area contributed by atoms with Gasteiger partial charge in [-0.3, -0.25) is 31.7 Å². The third-order valence-electron chi connectivity index (χ3n) is 20.7. The van der Waals surface area contributed by atoms with Crippen molar-refractivity contribution in [2.75, 3.05) is 75.4 Å². The molecule has 5 aliphatic rings. The van der Waals surface area contributed by atoms with Gasteiger partial charge in [-0.25, -0.2) is 39.0 Å². The molecule has 1 fully saturated rings. The van der Waals surface area contributed by atoms with Crippen LogP contribution in [0.3, 0.4) is 0 Å². The third-order valence-corrected chi connectivity index (χ3v) is 35.4. The first-order valence-electron chi connectivity index (χ1n) is 37.2. The number of hydroxylamine groups is 2. The van der Waals surface area contributed by atoms with Gasteiger partial charge in [-0.1, -0.05) is 110 Å². The Kier molecular flexibility index (Phi) is 26.0. The number of aromatic nitrogens is 2. The Hall–Kier alpha value is -6.82. The molecule has 4 N–H and O–H groups in total. The number of carbonyl (C=O) groups excluding carboxylic acids is 3. The molecule has 3 atom stereocenters. The summed E-state index contributed by atoms with van der Waals surface area (Å²) in [4.78, 5) is 76.3. The lowest BCUT2D eigenvalue weighted by Crippen LogP contribution is -2.70. The highest BCUT2D eigenvalue weighted by Crippen LogP contribution is 2.46. The number of imide groups is 1. The van der Waals surface area contributed by atoms with Crippen molar-refractivity contribution in [2.24, 2.45) is 30.0 Å². The standard InChI is InChI=1S/C72H97N11O17S4Si3/c1-6-7-40-82(43-20-24-49-102(89,90)91,44-21-25-50-103(92,93)94)46-27-52-105(2,3)99-107(100-106(4,5)53-28-47-83(42-19-23-48-101(87)88,45-22-26-51-104(95,96)97)41-18-8-9-37-64(86)98-79-62(84)38-39-63(79)85)80-69-58-33-14-15-34-59(58)71(80)77-67-56-31-12-13-32-57(56)68(74-67)78-72-61-36-17-16-35-60(61)70(81(72)107)76-66-55-30-11-10-29-54(55)65(73-66)75-69/h10-17,29-36H,6-9,18-28,37-53H2,1-5H3,(H2-2,87,88,89,90,91,92,93,94,95,96,97)/p+2. The van der Waals surface area contributed by atoms with E-state index in [1.54, 1.807) is 0 Å². The molecular weight excluding hydrogens is 1500 g/mol. The Bertz CT molecular complexity index is 4790. The van der Waals surface area contributed by atoms with Crippen molar-refractivity contribution in [3.8, 4) is 0 Å². The lowest BCUT2D eigenvalue weighted by Gasteiger charge is -2.44. The highest BCUT2D eigenvalue weighted by Gasteiger charge is 2.58. The smallest absolute Gasteiger partial charge is 0.404 e. The second-order valence-electron chi connectivity index (χ2n) is 30.0. The fraction of sp³-hybridized carbons (Fsp3) is 0.514. The van der Waals surface area contributed by atoms with Crippen LogP contribution in [0.2, 0.25) is 38.3 Å².